The molecule has 0 bridgehead atoms. The fourth-order valence-electron chi connectivity index (χ4n) is 1.19. The van der Waals surface area contributed by atoms with Crippen LogP contribution in [0.2, 0.25) is 0 Å². The van der Waals surface area contributed by atoms with Gasteiger partial charge in [-0.15, -0.1) is 0 Å². The molecule has 4 N–H and O–H groups in total. The average molecular weight is 280 g/mol. The molecule has 1 aromatic rings. The van der Waals surface area contributed by atoms with Gasteiger partial charge in [-0.05, 0) is 15.9 Å². The minimum Gasteiger partial charge on any atom is -0.507 e. The lowest BCUT2D eigenvalue weighted by atomic mass is 10.1. The van der Waals surface area contributed by atoms with Crippen LogP contribution in [0.4, 0.5) is 4.39 Å². The number of aromatic hydroxyl groups is 1. The molecule has 1 rings (SSSR count). The van der Waals surface area contributed by atoms with Gasteiger partial charge in [-0.25, -0.2) is 4.39 Å². The number of rotatable bonds is 3. The summed E-state index contributed by atoms with van der Waals surface area (Å²) in [6.07, 6.45) is -1.24. The monoisotopic (exact) mass is 279 g/mol. The molecule has 0 spiro atoms. The maximum absolute atomic E-state index is 13.6. The Hall–Kier alpha value is -0.850. The molecule has 0 saturated heterocycles. The number of phenols is 1. The van der Waals surface area contributed by atoms with Gasteiger partial charge in [-0.3, -0.25) is 0 Å². The van der Waals surface area contributed by atoms with Crippen molar-refractivity contribution in [2.24, 2.45) is 5.73 Å². The first-order chi connectivity index (χ1) is 7.02. The van der Waals surface area contributed by atoms with E-state index in [1.165, 1.54) is 13.2 Å². The number of benzene rings is 1. The van der Waals surface area contributed by atoms with Crippen LogP contribution < -0.4 is 10.5 Å². The minimum atomic E-state index is -1.24. The van der Waals surface area contributed by atoms with Gasteiger partial charge in [-0.1, -0.05) is 0 Å². The largest absolute Gasteiger partial charge is 0.507 e. The molecule has 15 heavy (non-hydrogen) atoms. The molecule has 0 heterocycles. The molecule has 0 aliphatic carbocycles. The highest BCUT2D eigenvalue weighted by Gasteiger charge is 2.21. The van der Waals surface area contributed by atoms with Crippen molar-refractivity contribution in [3.63, 3.8) is 0 Å². The Bertz CT molecular complexity index is 373. The summed E-state index contributed by atoms with van der Waals surface area (Å²) in [4.78, 5) is 0. The molecule has 6 heteroatoms. The molecule has 4 nitrogen and oxygen atoms in total. The van der Waals surface area contributed by atoms with E-state index in [1.54, 1.807) is 0 Å². The lowest BCUT2D eigenvalue weighted by Crippen LogP contribution is -2.13. The zero-order chi connectivity index (χ0) is 11.6. The van der Waals surface area contributed by atoms with Crippen LogP contribution in [-0.2, 0) is 0 Å². The minimum absolute atomic E-state index is 0.0466. The molecule has 0 radical (unpaired) electrons. The molecule has 0 amide bonds. The normalized spacial score (nSPS) is 12.6. The molecule has 0 fully saturated rings. The van der Waals surface area contributed by atoms with Crippen molar-refractivity contribution < 1.29 is 19.3 Å². The molecular weight excluding hydrogens is 269 g/mol. The topological polar surface area (TPSA) is 75.7 Å². The van der Waals surface area contributed by atoms with E-state index in [4.69, 9.17) is 10.5 Å². The maximum Gasteiger partial charge on any atom is 0.150 e. The second-order valence-electron chi connectivity index (χ2n) is 2.89. The second-order valence-corrected chi connectivity index (χ2v) is 3.68. The van der Waals surface area contributed by atoms with E-state index in [9.17, 15) is 14.6 Å². The van der Waals surface area contributed by atoms with Gasteiger partial charge < -0.3 is 20.7 Å². The number of aliphatic hydroxyl groups excluding tert-OH is 1. The van der Waals surface area contributed by atoms with Crippen LogP contribution in [0.5, 0.6) is 11.5 Å². The second kappa shape index (κ2) is 4.78. The van der Waals surface area contributed by atoms with Crippen molar-refractivity contribution >= 4 is 15.9 Å². The van der Waals surface area contributed by atoms with Crippen LogP contribution >= 0.6 is 15.9 Å². The Morgan fingerprint density at radius 3 is 2.73 bits per heavy atom. The third kappa shape index (κ3) is 2.22. The highest BCUT2D eigenvalue weighted by Crippen LogP contribution is 2.38. The van der Waals surface area contributed by atoms with Gasteiger partial charge in [0.05, 0.1) is 23.2 Å². The molecule has 84 valence electrons. The number of hydrogen-bond acceptors (Lipinski definition) is 4. The quantitative estimate of drug-likeness (QED) is 0.780. The highest BCUT2D eigenvalue weighted by atomic mass is 79.9. The van der Waals surface area contributed by atoms with Gasteiger partial charge >= 0.3 is 0 Å². The van der Waals surface area contributed by atoms with Gasteiger partial charge in [0, 0.05) is 12.6 Å². The molecule has 1 atom stereocenters. The maximum atomic E-state index is 13.6. The Labute approximate surface area is 94.6 Å². The summed E-state index contributed by atoms with van der Waals surface area (Å²) in [6, 6.07) is 1.21. The summed E-state index contributed by atoms with van der Waals surface area (Å²) >= 11 is 2.96. The van der Waals surface area contributed by atoms with Crippen molar-refractivity contribution in [2.45, 2.75) is 6.10 Å². The van der Waals surface area contributed by atoms with Crippen molar-refractivity contribution in [3.05, 3.63) is 21.9 Å². The summed E-state index contributed by atoms with van der Waals surface area (Å²) in [5.74, 6) is -1.01. The third-order valence-electron chi connectivity index (χ3n) is 1.97. The zero-order valence-electron chi connectivity index (χ0n) is 8.00. The van der Waals surface area contributed by atoms with Gasteiger partial charge in [0.1, 0.15) is 11.5 Å². The SMILES string of the molecule is COc1cc(O)c(C(O)CN)c(F)c1Br. The summed E-state index contributed by atoms with van der Waals surface area (Å²) in [7, 11) is 1.35. The van der Waals surface area contributed by atoms with Crippen molar-refractivity contribution in [2.75, 3.05) is 13.7 Å². The Balaban J connectivity index is 3.35. The lowest BCUT2D eigenvalue weighted by Gasteiger charge is -2.14. The summed E-state index contributed by atoms with van der Waals surface area (Å²) in [6.45, 7) is -0.177. The third-order valence-corrected chi connectivity index (χ3v) is 2.70. The smallest absolute Gasteiger partial charge is 0.150 e. The molecule has 1 aromatic carbocycles. The Morgan fingerprint density at radius 2 is 2.27 bits per heavy atom. The summed E-state index contributed by atoms with van der Waals surface area (Å²) in [5, 5.41) is 18.9. The standard InChI is InChI=1S/C9H11BrFNO3/c1-15-6-2-4(13)7(5(14)3-12)9(11)8(6)10/h2,5,13-14H,3,12H2,1H3. The van der Waals surface area contributed by atoms with E-state index in [2.05, 4.69) is 15.9 Å². The van der Waals surface area contributed by atoms with Gasteiger partial charge in [0.15, 0.2) is 5.82 Å². The number of hydrogen-bond donors (Lipinski definition) is 3. The van der Waals surface area contributed by atoms with E-state index in [-0.39, 0.29) is 28.1 Å². The first-order valence-corrected chi connectivity index (χ1v) is 4.95. The average Bonchev–Trinajstić information content (AvgIpc) is 2.23. The Kier molecular flexibility index (Phi) is 3.90. The van der Waals surface area contributed by atoms with E-state index >= 15 is 0 Å². The van der Waals surface area contributed by atoms with Crippen molar-refractivity contribution in [1.82, 2.24) is 0 Å². The number of halogens is 2. The number of methoxy groups -OCH3 is 1. The number of aliphatic hydroxyl groups is 1. The van der Waals surface area contributed by atoms with E-state index < -0.39 is 11.9 Å². The zero-order valence-corrected chi connectivity index (χ0v) is 9.58. The molecule has 0 aliphatic heterocycles. The summed E-state index contributed by atoms with van der Waals surface area (Å²) in [5.41, 5.74) is 4.96. The van der Waals surface area contributed by atoms with Gasteiger partial charge in [0.2, 0.25) is 0 Å². The highest BCUT2D eigenvalue weighted by molar-refractivity contribution is 9.10. The molecule has 1 unspecified atom stereocenters. The van der Waals surface area contributed by atoms with Crippen molar-refractivity contribution in [3.8, 4) is 11.5 Å². The van der Waals surface area contributed by atoms with Crippen LogP contribution in [-0.4, -0.2) is 23.9 Å². The van der Waals surface area contributed by atoms with Crippen LogP contribution in [0.1, 0.15) is 11.7 Å². The fourth-order valence-corrected chi connectivity index (χ4v) is 1.68. The first-order valence-electron chi connectivity index (χ1n) is 4.15. The number of ether oxygens (including phenoxy) is 1. The van der Waals surface area contributed by atoms with Gasteiger partial charge in [-0.2, -0.15) is 0 Å². The van der Waals surface area contributed by atoms with E-state index in [0.717, 1.165) is 0 Å². The van der Waals surface area contributed by atoms with E-state index in [1.807, 2.05) is 0 Å². The Morgan fingerprint density at radius 1 is 1.67 bits per heavy atom. The molecule has 0 aliphatic rings. The molecule has 0 aromatic heterocycles. The molecule has 0 saturated carbocycles. The number of phenolic OH excluding ortho intramolecular Hbond substituents is 1. The van der Waals surface area contributed by atoms with E-state index in [0.29, 0.717) is 0 Å². The lowest BCUT2D eigenvalue weighted by molar-refractivity contribution is 0.177. The van der Waals surface area contributed by atoms with Crippen molar-refractivity contribution in [1.29, 1.82) is 0 Å². The first kappa shape index (κ1) is 12.2. The van der Waals surface area contributed by atoms with Crippen LogP contribution in [0.25, 0.3) is 0 Å². The van der Waals surface area contributed by atoms with Crippen LogP contribution in [0.3, 0.4) is 0 Å². The van der Waals surface area contributed by atoms with Crippen LogP contribution in [0.15, 0.2) is 10.5 Å². The fraction of sp³-hybridized carbons (Fsp3) is 0.333. The predicted octanol–water partition coefficient (Wildman–Crippen LogP) is 1.29. The predicted molar refractivity (Wildman–Crippen MR) is 56.3 cm³/mol. The summed E-state index contributed by atoms with van der Waals surface area (Å²) < 4.78 is 18.5. The van der Waals surface area contributed by atoms with Crippen LogP contribution in [0, 0.1) is 5.82 Å². The number of nitrogens with two attached hydrogens (primary N) is 1. The molecular formula is C9H11BrFNO3. The van der Waals surface area contributed by atoms with Gasteiger partial charge in [0.25, 0.3) is 0 Å².